The van der Waals surface area contributed by atoms with Gasteiger partial charge in [0.25, 0.3) is 0 Å². The van der Waals surface area contributed by atoms with Crippen molar-refractivity contribution in [3.05, 3.63) is 255 Å². The average molecular weight is 815 g/mol. The van der Waals surface area contributed by atoms with E-state index in [0.717, 1.165) is 33.9 Å². The van der Waals surface area contributed by atoms with E-state index in [1.165, 1.54) is 76.7 Å². The Balaban J connectivity index is 0.985. The van der Waals surface area contributed by atoms with Gasteiger partial charge in [0.05, 0.1) is 11.0 Å². The van der Waals surface area contributed by atoms with Gasteiger partial charge in [-0.25, -0.2) is 0 Å². The third-order valence-corrected chi connectivity index (χ3v) is 12.8. The summed E-state index contributed by atoms with van der Waals surface area (Å²) in [7, 11) is 0. The van der Waals surface area contributed by atoms with Crippen molar-refractivity contribution in [1.29, 1.82) is 0 Å². The summed E-state index contributed by atoms with van der Waals surface area (Å²) in [5, 5.41) is 7.63. The summed E-state index contributed by atoms with van der Waals surface area (Å²) in [4.78, 5) is 2.37. The van der Waals surface area contributed by atoms with Gasteiger partial charge in [0.15, 0.2) is 0 Å². The number of anilines is 3. The molecule has 0 aliphatic heterocycles. The van der Waals surface area contributed by atoms with E-state index in [4.69, 9.17) is 0 Å². The highest BCUT2D eigenvalue weighted by molar-refractivity contribution is 6.32. The molecule has 0 saturated heterocycles. The van der Waals surface area contributed by atoms with Crippen molar-refractivity contribution < 1.29 is 0 Å². The monoisotopic (exact) mass is 814 g/mol. The third-order valence-electron chi connectivity index (χ3n) is 12.8. The van der Waals surface area contributed by atoms with Crippen molar-refractivity contribution in [2.24, 2.45) is 0 Å². The second-order valence-electron chi connectivity index (χ2n) is 16.5. The summed E-state index contributed by atoms with van der Waals surface area (Å²) in [6.45, 7) is 0. The van der Waals surface area contributed by atoms with Gasteiger partial charge in [-0.1, -0.05) is 200 Å². The topological polar surface area (TPSA) is 8.17 Å². The minimum absolute atomic E-state index is 1.09. The van der Waals surface area contributed by atoms with Gasteiger partial charge in [-0.05, 0) is 115 Å². The van der Waals surface area contributed by atoms with Crippen LogP contribution in [0.25, 0.3) is 93.5 Å². The van der Waals surface area contributed by atoms with Gasteiger partial charge in [0.2, 0.25) is 0 Å². The highest BCUT2D eigenvalue weighted by atomic mass is 15.1. The van der Waals surface area contributed by atoms with Crippen LogP contribution in [0.1, 0.15) is 0 Å². The second-order valence-corrected chi connectivity index (χ2v) is 16.5. The van der Waals surface area contributed by atoms with E-state index in [9.17, 15) is 0 Å². The minimum atomic E-state index is 1.09. The number of aromatic nitrogens is 1. The van der Waals surface area contributed by atoms with Crippen LogP contribution in [-0.2, 0) is 0 Å². The van der Waals surface area contributed by atoms with Crippen molar-refractivity contribution in [3.8, 4) is 50.2 Å². The Morgan fingerprint density at radius 1 is 0.266 bits per heavy atom. The van der Waals surface area contributed by atoms with Crippen molar-refractivity contribution in [3.63, 3.8) is 0 Å². The number of benzene rings is 11. The zero-order valence-corrected chi connectivity index (χ0v) is 35.1. The summed E-state index contributed by atoms with van der Waals surface area (Å²) in [5.74, 6) is 0. The maximum atomic E-state index is 2.48. The Kier molecular flexibility index (Phi) is 9.20. The quantitative estimate of drug-likeness (QED) is 0.139. The Labute approximate surface area is 373 Å². The summed E-state index contributed by atoms with van der Waals surface area (Å²) >= 11 is 0. The molecule has 0 saturated carbocycles. The number of para-hydroxylation sites is 1. The molecule has 0 aliphatic rings. The third kappa shape index (κ3) is 6.44. The lowest BCUT2D eigenvalue weighted by molar-refractivity contribution is 1.19. The van der Waals surface area contributed by atoms with E-state index in [1.54, 1.807) is 0 Å². The zero-order valence-electron chi connectivity index (χ0n) is 35.1. The Bertz CT molecular complexity index is 3640. The first-order valence-corrected chi connectivity index (χ1v) is 22.0. The molecule has 0 N–H and O–H groups in total. The van der Waals surface area contributed by atoms with E-state index in [2.05, 4.69) is 264 Å². The number of hydrogen-bond donors (Lipinski definition) is 0. The van der Waals surface area contributed by atoms with Gasteiger partial charge in [0, 0.05) is 38.9 Å². The van der Waals surface area contributed by atoms with E-state index in [1.807, 2.05) is 0 Å². The molecule has 2 nitrogen and oxygen atoms in total. The maximum Gasteiger partial charge on any atom is 0.0625 e. The van der Waals surface area contributed by atoms with Crippen LogP contribution in [0.4, 0.5) is 17.1 Å². The molecule has 1 aromatic heterocycles. The van der Waals surface area contributed by atoms with E-state index < -0.39 is 0 Å². The lowest BCUT2D eigenvalue weighted by Crippen LogP contribution is -2.10. The largest absolute Gasteiger partial charge is 0.310 e. The van der Waals surface area contributed by atoms with Crippen LogP contribution in [0.15, 0.2) is 255 Å². The molecule has 1 heterocycles. The SMILES string of the molecule is c1ccc(-c2ccc(N(c3ccc(-c4ccccc4-c4ccccc4)cc3)c3cccc(-c4cccc(-n5c6ccccc6c6c7ccccc7c7ccccc7c65)c4)c3)cc2)cc1. The molecule has 0 amide bonds. The number of nitrogens with zero attached hydrogens (tertiary/aromatic N) is 2. The van der Waals surface area contributed by atoms with E-state index in [0.29, 0.717) is 0 Å². The predicted molar refractivity (Wildman–Crippen MR) is 272 cm³/mol. The molecule has 12 rings (SSSR count). The fourth-order valence-corrected chi connectivity index (χ4v) is 9.82. The van der Waals surface area contributed by atoms with Gasteiger partial charge in [-0.15, -0.1) is 0 Å². The molecule has 0 radical (unpaired) electrons. The summed E-state index contributed by atoms with van der Waals surface area (Å²) in [6.07, 6.45) is 0. The van der Waals surface area contributed by atoms with Gasteiger partial charge in [-0.3, -0.25) is 0 Å². The van der Waals surface area contributed by atoms with Crippen LogP contribution in [0.3, 0.4) is 0 Å². The van der Waals surface area contributed by atoms with Crippen LogP contribution >= 0.6 is 0 Å². The van der Waals surface area contributed by atoms with E-state index >= 15 is 0 Å². The lowest BCUT2D eigenvalue weighted by atomic mass is 9.94. The van der Waals surface area contributed by atoms with Gasteiger partial charge >= 0.3 is 0 Å². The fourth-order valence-electron chi connectivity index (χ4n) is 9.82. The highest BCUT2D eigenvalue weighted by Gasteiger charge is 2.20. The normalized spacial score (nSPS) is 11.4. The van der Waals surface area contributed by atoms with Crippen molar-refractivity contribution >= 4 is 60.4 Å². The maximum absolute atomic E-state index is 2.48. The van der Waals surface area contributed by atoms with Gasteiger partial charge in [0.1, 0.15) is 0 Å². The molecule has 0 unspecified atom stereocenters. The molecule has 0 fully saturated rings. The molecule has 0 spiro atoms. The molecule has 0 atom stereocenters. The van der Waals surface area contributed by atoms with Crippen LogP contribution in [0.2, 0.25) is 0 Å². The van der Waals surface area contributed by atoms with Crippen LogP contribution in [0, 0.1) is 0 Å². The molecule has 12 aromatic rings. The summed E-state index contributed by atoms with van der Waals surface area (Å²) < 4.78 is 2.48. The van der Waals surface area contributed by atoms with E-state index in [-0.39, 0.29) is 0 Å². The molecule has 11 aromatic carbocycles. The predicted octanol–water partition coefficient (Wildman–Crippen LogP) is 17.2. The molecular formula is C62H42N2. The number of rotatable bonds is 8. The summed E-state index contributed by atoms with van der Waals surface area (Å²) in [5.41, 5.74) is 16.4. The van der Waals surface area contributed by atoms with Crippen molar-refractivity contribution in [2.45, 2.75) is 0 Å². The van der Waals surface area contributed by atoms with Crippen LogP contribution < -0.4 is 4.90 Å². The standard InChI is InChI=1S/C62H42N2/c1-3-17-43(18-4-1)44-33-37-49(38-34-44)63(50-39-35-46(36-40-50)54-26-8-7-25-53(54)45-19-5-2-6-20-45)51-23-15-21-47(41-51)48-22-16-24-52(42-48)64-60-32-14-13-31-59(60)61-57-29-11-9-27-55(57)56-28-10-12-30-58(56)62(61)64/h1-42H. The highest BCUT2D eigenvalue weighted by Crippen LogP contribution is 2.44. The number of hydrogen-bond acceptors (Lipinski definition) is 1. The smallest absolute Gasteiger partial charge is 0.0625 e. The molecule has 300 valence electrons. The molecule has 64 heavy (non-hydrogen) atoms. The first-order chi connectivity index (χ1) is 31.8. The fraction of sp³-hybridized carbons (Fsp3) is 0. The second kappa shape index (κ2) is 15.8. The lowest BCUT2D eigenvalue weighted by Gasteiger charge is -2.26. The average Bonchev–Trinajstić information content (AvgIpc) is 3.73. The van der Waals surface area contributed by atoms with Crippen LogP contribution in [-0.4, -0.2) is 4.57 Å². The van der Waals surface area contributed by atoms with Gasteiger partial charge in [-0.2, -0.15) is 0 Å². The number of fused-ring (bicyclic) bond motifs is 8. The Morgan fingerprint density at radius 2 is 0.719 bits per heavy atom. The Hall–Kier alpha value is -8.46. The first-order valence-electron chi connectivity index (χ1n) is 22.0. The minimum Gasteiger partial charge on any atom is -0.310 e. The van der Waals surface area contributed by atoms with Crippen LogP contribution in [0.5, 0.6) is 0 Å². The molecule has 0 aliphatic carbocycles. The van der Waals surface area contributed by atoms with Crippen molar-refractivity contribution in [2.75, 3.05) is 4.90 Å². The first kappa shape index (κ1) is 37.3. The molecule has 0 bridgehead atoms. The van der Waals surface area contributed by atoms with Gasteiger partial charge < -0.3 is 9.47 Å². The van der Waals surface area contributed by atoms with Crippen molar-refractivity contribution in [1.82, 2.24) is 4.57 Å². The summed E-state index contributed by atoms with van der Waals surface area (Å²) in [6, 6.07) is 92.5. The zero-order chi connectivity index (χ0) is 42.4. The molecule has 2 heteroatoms. The Morgan fingerprint density at radius 3 is 1.39 bits per heavy atom. The molecular weight excluding hydrogens is 773 g/mol.